The number of carboxylic acid groups (broad SMARTS) is 1. The summed E-state index contributed by atoms with van der Waals surface area (Å²) in [5, 5.41) is 18.2. The second-order valence-electron chi connectivity index (χ2n) is 5.51. The Hall–Kier alpha value is -2.71. The first-order valence-corrected chi connectivity index (χ1v) is 7.12. The summed E-state index contributed by atoms with van der Waals surface area (Å²) in [4.78, 5) is 10.8. The van der Waals surface area contributed by atoms with Crippen molar-refractivity contribution in [2.24, 2.45) is 5.73 Å². The molecule has 0 unspecified atom stereocenters. The number of halogens is 1. The lowest BCUT2D eigenvalue weighted by Gasteiger charge is -2.16. The zero-order valence-corrected chi connectivity index (χ0v) is 12.9. The van der Waals surface area contributed by atoms with E-state index in [0.29, 0.717) is 22.3 Å². The minimum absolute atomic E-state index is 0.148. The standard InChI is InChI=1S/C18H17FN2O2/c1-10-4-3-5-12(9-20)17(10)13-6-11(2)18(19)14(7-13)15(21)8-16(22)23/h3-7,15H,8,21H2,1-2H3,(H,22,23)/t15-/m0/s1. The Morgan fingerprint density at radius 2 is 2.04 bits per heavy atom. The van der Waals surface area contributed by atoms with E-state index in [1.165, 1.54) is 0 Å². The molecule has 1 atom stereocenters. The van der Waals surface area contributed by atoms with Gasteiger partial charge in [-0.3, -0.25) is 4.79 Å². The molecule has 23 heavy (non-hydrogen) atoms. The summed E-state index contributed by atoms with van der Waals surface area (Å²) < 4.78 is 14.3. The Morgan fingerprint density at radius 1 is 1.35 bits per heavy atom. The summed E-state index contributed by atoms with van der Waals surface area (Å²) in [6.45, 7) is 3.46. The Balaban J connectivity index is 2.65. The lowest BCUT2D eigenvalue weighted by molar-refractivity contribution is -0.137. The predicted molar refractivity (Wildman–Crippen MR) is 85.2 cm³/mol. The van der Waals surface area contributed by atoms with Gasteiger partial charge >= 0.3 is 5.97 Å². The quantitative estimate of drug-likeness (QED) is 0.905. The van der Waals surface area contributed by atoms with Crippen molar-refractivity contribution in [2.75, 3.05) is 0 Å². The second-order valence-corrected chi connectivity index (χ2v) is 5.51. The van der Waals surface area contributed by atoms with Gasteiger partial charge in [0.05, 0.1) is 18.1 Å². The number of hydrogen-bond donors (Lipinski definition) is 2. The molecule has 0 spiro atoms. The molecule has 0 bridgehead atoms. The van der Waals surface area contributed by atoms with Gasteiger partial charge in [0.25, 0.3) is 0 Å². The van der Waals surface area contributed by atoms with Crippen LogP contribution in [0.2, 0.25) is 0 Å². The molecular weight excluding hydrogens is 295 g/mol. The molecule has 0 heterocycles. The van der Waals surface area contributed by atoms with Crippen molar-refractivity contribution in [1.29, 1.82) is 5.26 Å². The molecule has 5 heteroatoms. The fourth-order valence-corrected chi connectivity index (χ4v) is 2.65. The van der Waals surface area contributed by atoms with Crippen LogP contribution in [-0.2, 0) is 4.79 Å². The number of carbonyl (C=O) groups is 1. The van der Waals surface area contributed by atoms with Gasteiger partial charge in [-0.25, -0.2) is 4.39 Å². The number of nitriles is 1. The minimum atomic E-state index is -1.09. The molecular formula is C18H17FN2O2. The third-order valence-electron chi connectivity index (χ3n) is 3.76. The number of aliphatic carboxylic acids is 1. The lowest BCUT2D eigenvalue weighted by atomic mass is 9.91. The molecule has 0 aliphatic rings. The summed E-state index contributed by atoms with van der Waals surface area (Å²) in [7, 11) is 0. The topological polar surface area (TPSA) is 87.1 Å². The molecule has 2 aromatic rings. The van der Waals surface area contributed by atoms with Gasteiger partial charge in [0.1, 0.15) is 5.82 Å². The maximum absolute atomic E-state index is 14.3. The summed E-state index contributed by atoms with van der Waals surface area (Å²) in [5.41, 5.74) is 9.08. The van der Waals surface area contributed by atoms with Crippen molar-refractivity contribution in [1.82, 2.24) is 0 Å². The molecule has 0 radical (unpaired) electrons. The van der Waals surface area contributed by atoms with Crippen LogP contribution in [0.3, 0.4) is 0 Å². The van der Waals surface area contributed by atoms with E-state index in [0.717, 1.165) is 5.56 Å². The lowest BCUT2D eigenvalue weighted by Crippen LogP contribution is -2.17. The van der Waals surface area contributed by atoms with Gasteiger partial charge in [-0.05, 0) is 48.7 Å². The Kier molecular flexibility index (Phi) is 4.77. The maximum Gasteiger partial charge on any atom is 0.305 e. The predicted octanol–water partition coefficient (Wildman–Crippen LogP) is 3.46. The van der Waals surface area contributed by atoms with Gasteiger partial charge in [0.15, 0.2) is 0 Å². The molecule has 2 rings (SSSR count). The molecule has 0 saturated heterocycles. The first kappa shape index (κ1) is 16.7. The first-order chi connectivity index (χ1) is 10.8. The highest BCUT2D eigenvalue weighted by Gasteiger charge is 2.19. The van der Waals surface area contributed by atoms with Crippen LogP contribution >= 0.6 is 0 Å². The molecule has 0 aromatic heterocycles. The summed E-state index contributed by atoms with van der Waals surface area (Å²) in [6, 6.07) is 9.72. The highest BCUT2D eigenvalue weighted by Crippen LogP contribution is 2.32. The van der Waals surface area contributed by atoms with Gasteiger partial charge in [-0.1, -0.05) is 12.1 Å². The van der Waals surface area contributed by atoms with E-state index in [-0.39, 0.29) is 12.0 Å². The smallest absolute Gasteiger partial charge is 0.305 e. The van der Waals surface area contributed by atoms with Crippen LogP contribution in [0, 0.1) is 31.0 Å². The van der Waals surface area contributed by atoms with Crippen molar-refractivity contribution < 1.29 is 14.3 Å². The van der Waals surface area contributed by atoms with Gasteiger partial charge in [-0.15, -0.1) is 0 Å². The minimum Gasteiger partial charge on any atom is -0.481 e. The van der Waals surface area contributed by atoms with Crippen molar-refractivity contribution in [3.63, 3.8) is 0 Å². The Labute approximate surface area is 134 Å². The van der Waals surface area contributed by atoms with Gasteiger partial charge in [0, 0.05) is 17.2 Å². The van der Waals surface area contributed by atoms with Crippen LogP contribution in [0.1, 0.15) is 34.7 Å². The Morgan fingerprint density at radius 3 is 2.65 bits per heavy atom. The van der Waals surface area contributed by atoms with Crippen LogP contribution in [0.4, 0.5) is 4.39 Å². The van der Waals surface area contributed by atoms with E-state index in [1.807, 2.05) is 13.0 Å². The third-order valence-corrected chi connectivity index (χ3v) is 3.76. The van der Waals surface area contributed by atoms with Crippen LogP contribution < -0.4 is 5.73 Å². The van der Waals surface area contributed by atoms with Crippen LogP contribution in [-0.4, -0.2) is 11.1 Å². The number of aryl methyl sites for hydroxylation is 2. The molecule has 0 amide bonds. The first-order valence-electron chi connectivity index (χ1n) is 7.12. The number of nitrogens with two attached hydrogens (primary N) is 1. The SMILES string of the molecule is Cc1cc(-c2c(C)cccc2C#N)cc([C@@H](N)CC(=O)O)c1F. The fraction of sp³-hybridized carbons (Fsp3) is 0.222. The maximum atomic E-state index is 14.3. The zero-order chi connectivity index (χ0) is 17.1. The molecule has 118 valence electrons. The molecule has 2 aromatic carbocycles. The average molecular weight is 312 g/mol. The van der Waals surface area contributed by atoms with Crippen molar-refractivity contribution in [3.8, 4) is 17.2 Å². The summed E-state index contributed by atoms with van der Waals surface area (Å²) in [5.74, 6) is -1.59. The van der Waals surface area contributed by atoms with Crippen LogP contribution in [0.5, 0.6) is 0 Å². The number of nitrogens with zero attached hydrogens (tertiary/aromatic N) is 1. The number of rotatable bonds is 4. The van der Waals surface area contributed by atoms with Crippen molar-refractivity contribution >= 4 is 5.97 Å². The Bertz CT molecular complexity index is 809. The van der Waals surface area contributed by atoms with Crippen LogP contribution in [0.15, 0.2) is 30.3 Å². The van der Waals surface area contributed by atoms with E-state index >= 15 is 0 Å². The highest BCUT2D eigenvalue weighted by molar-refractivity contribution is 5.75. The van der Waals surface area contributed by atoms with E-state index in [2.05, 4.69) is 6.07 Å². The largest absolute Gasteiger partial charge is 0.481 e. The van der Waals surface area contributed by atoms with E-state index in [9.17, 15) is 14.4 Å². The molecule has 4 nitrogen and oxygen atoms in total. The number of benzene rings is 2. The van der Waals surface area contributed by atoms with Crippen molar-refractivity contribution in [3.05, 3.63) is 58.4 Å². The van der Waals surface area contributed by atoms with E-state index in [1.54, 1.807) is 31.2 Å². The number of carboxylic acids is 1. The van der Waals surface area contributed by atoms with Crippen molar-refractivity contribution in [2.45, 2.75) is 26.3 Å². The van der Waals surface area contributed by atoms with E-state index < -0.39 is 17.8 Å². The van der Waals surface area contributed by atoms with Gasteiger partial charge in [0.2, 0.25) is 0 Å². The van der Waals surface area contributed by atoms with E-state index in [4.69, 9.17) is 10.8 Å². The third kappa shape index (κ3) is 3.38. The summed E-state index contributed by atoms with van der Waals surface area (Å²) >= 11 is 0. The molecule has 0 saturated carbocycles. The average Bonchev–Trinajstić information content (AvgIpc) is 2.48. The number of hydrogen-bond acceptors (Lipinski definition) is 3. The molecule has 0 aliphatic carbocycles. The monoisotopic (exact) mass is 312 g/mol. The van der Waals surface area contributed by atoms with Gasteiger partial charge in [-0.2, -0.15) is 5.26 Å². The molecule has 0 fully saturated rings. The van der Waals surface area contributed by atoms with Crippen LogP contribution in [0.25, 0.3) is 11.1 Å². The second kappa shape index (κ2) is 6.59. The highest BCUT2D eigenvalue weighted by atomic mass is 19.1. The zero-order valence-electron chi connectivity index (χ0n) is 12.9. The molecule has 0 aliphatic heterocycles. The summed E-state index contributed by atoms with van der Waals surface area (Å²) in [6.07, 6.45) is -0.362. The molecule has 3 N–H and O–H groups in total. The normalized spacial score (nSPS) is 11.8. The van der Waals surface area contributed by atoms with Gasteiger partial charge < -0.3 is 10.8 Å². The fourth-order valence-electron chi connectivity index (χ4n) is 2.65.